The molecule has 6 heteroatoms. The van der Waals surface area contributed by atoms with Crippen LogP contribution >= 0.6 is 0 Å². The van der Waals surface area contributed by atoms with E-state index >= 15 is 0 Å². The Morgan fingerprint density at radius 2 is 2.16 bits per heavy atom. The van der Waals surface area contributed by atoms with E-state index in [9.17, 15) is 4.79 Å². The number of nitrogens with two attached hydrogens (primary N) is 2. The van der Waals surface area contributed by atoms with E-state index in [1.807, 2.05) is 0 Å². The van der Waals surface area contributed by atoms with Crippen molar-refractivity contribution >= 4 is 18.0 Å². The summed E-state index contributed by atoms with van der Waals surface area (Å²) in [5.41, 5.74) is 11.7. The van der Waals surface area contributed by atoms with Crippen molar-refractivity contribution in [3.8, 4) is 0 Å². The molecule has 0 unspecified atom stereocenters. The van der Waals surface area contributed by atoms with Gasteiger partial charge in [0.2, 0.25) is 0 Å². The second-order valence-corrected chi connectivity index (χ2v) is 3.40. The van der Waals surface area contributed by atoms with Crippen LogP contribution in [0.2, 0.25) is 0 Å². The fraction of sp³-hybridized carbons (Fsp3) is 0.154. The van der Waals surface area contributed by atoms with Crippen molar-refractivity contribution in [3.05, 3.63) is 47.7 Å². The summed E-state index contributed by atoms with van der Waals surface area (Å²) >= 11 is 0. The Bertz CT molecular complexity index is 521. The van der Waals surface area contributed by atoms with Gasteiger partial charge in [0.1, 0.15) is 0 Å². The molecule has 19 heavy (non-hydrogen) atoms. The van der Waals surface area contributed by atoms with E-state index in [0.717, 1.165) is 0 Å². The van der Waals surface area contributed by atoms with E-state index in [0.29, 0.717) is 17.0 Å². The lowest BCUT2D eigenvalue weighted by Gasteiger charge is -2.03. The van der Waals surface area contributed by atoms with E-state index in [-0.39, 0.29) is 6.67 Å². The first-order chi connectivity index (χ1) is 9.22. The number of carbonyl (C=O) groups excluding carboxylic acids is 1. The Hall–Kier alpha value is -2.47. The van der Waals surface area contributed by atoms with Gasteiger partial charge >= 0.3 is 5.97 Å². The predicted octanol–water partition coefficient (Wildman–Crippen LogP) is 0.679. The molecule has 0 heterocycles. The zero-order chi connectivity index (χ0) is 14.1. The molecule has 1 aromatic rings. The molecule has 0 aliphatic carbocycles. The lowest BCUT2D eigenvalue weighted by atomic mass is 10.1. The van der Waals surface area contributed by atoms with Gasteiger partial charge in [-0.25, -0.2) is 9.79 Å². The van der Waals surface area contributed by atoms with Gasteiger partial charge in [-0.15, -0.1) is 0 Å². The Morgan fingerprint density at radius 3 is 2.79 bits per heavy atom. The Morgan fingerprint density at radius 1 is 1.42 bits per heavy atom. The summed E-state index contributed by atoms with van der Waals surface area (Å²) in [6.07, 6.45) is 4.42. The summed E-state index contributed by atoms with van der Waals surface area (Å²) < 4.78 is 4.66. The van der Waals surface area contributed by atoms with Gasteiger partial charge in [-0.3, -0.25) is 4.99 Å². The van der Waals surface area contributed by atoms with Crippen molar-refractivity contribution < 1.29 is 9.53 Å². The molecule has 1 rings (SSSR count). The minimum atomic E-state index is -0.417. The molecule has 0 radical (unpaired) electrons. The van der Waals surface area contributed by atoms with Crippen LogP contribution in [-0.2, 0) is 4.74 Å². The fourth-order valence-corrected chi connectivity index (χ4v) is 1.36. The highest BCUT2D eigenvalue weighted by Gasteiger charge is 2.08. The van der Waals surface area contributed by atoms with Gasteiger partial charge in [-0.1, -0.05) is 12.1 Å². The van der Waals surface area contributed by atoms with E-state index in [1.54, 1.807) is 30.3 Å². The van der Waals surface area contributed by atoms with Crippen molar-refractivity contribution in [1.29, 1.82) is 0 Å². The third-order valence-corrected chi connectivity index (χ3v) is 2.18. The van der Waals surface area contributed by atoms with E-state index in [2.05, 4.69) is 14.7 Å². The molecular formula is C13H16N4O2. The number of benzene rings is 1. The van der Waals surface area contributed by atoms with Gasteiger partial charge in [-0.05, 0) is 24.4 Å². The highest BCUT2D eigenvalue weighted by atomic mass is 16.5. The maximum atomic E-state index is 11.5. The number of carbonyl (C=O) groups is 1. The van der Waals surface area contributed by atoms with Crippen molar-refractivity contribution in [2.45, 2.75) is 0 Å². The van der Waals surface area contributed by atoms with Gasteiger partial charge in [0.25, 0.3) is 0 Å². The number of methoxy groups -OCH3 is 1. The van der Waals surface area contributed by atoms with E-state index in [4.69, 9.17) is 11.5 Å². The summed E-state index contributed by atoms with van der Waals surface area (Å²) in [6.45, 7) is 0.0987. The SMILES string of the molecule is COC(=O)c1cccc(C(N=CC=CN)=NCN)c1. The molecule has 0 amide bonds. The first kappa shape index (κ1) is 14.6. The normalized spacial score (nSPS) is 12.2. The molecule has 0 fully saturated rings. The number of amidine groups is 1. The lowest BCUT2D eigenvalue weighted by molar-refractivity contribution is 0.0600. The highest BCUT2D eigenvalue weighted by molar-refractivity contribution is 6.05. The summed E-state index contributed by atoms with van der Waals surface area (Å²) in [4.78, 5) is 19.6. The van der Waals surface area contributed by atoms with Gasteiger partial charge in [0.05, 0.1) is 19.3 Å². The van der Waals surface area contributed by atoms with Crippen LogP contribution in [0.15, 0.2) is 46.5 Å². The molecule has 0 aromatic heterocycles. The van der Waals surface area contributed by atoms with Crippen molar-refractivity contribution in [2.24, 2.45) is 21.5 Å². The smallest absolute Gasteiger partial charge is 0.337 e. The average Bonchev–Trinajstić information content (AvgIpc) is 2.46. The van der Waals surface area contributed by atoms with Crippen LogP contribution in [0.5, 0.6) is 0 Å². The summed E-state index contributed by atoms with van der Waals surface area (Å²) in [5, 5.41) is 0. The molecule has 0 aliphatic heterocycles. The van der Waals surface area contributed by atoms with E-state index in [1.165, 1.54) is 19.5 Å². The molecule has 0 aliphatic rings. The molecule has 4 N–H and O–H groups in total. The number of ether oxygens (including phenoxy) is 1. The van der Waals surface area contributed by atoms with Crippen LogP contribution in [0.1, 0.15) is 15.9 Å². The topological polar surface area (TPSA) is 103 Å². The largest absolute Gasteiger partial charge is 0.465 e. The minimum absolute atomic E-state index is 0.0987. The predicted molar refractivity (Wildman–Crippen MR) is 75.2 cm³/mol. The quantitative estimate of drug-likeness (QED) is 0.472. The number of rotatable bonds is 4. The molecular weight excluding hydrogens is 244 g/mol. The van der Waals surface area contributed by atoms with Crippen LogP contribution in [0.4, 0.5) is 0 Å². The molecule has 1 aromatic carbocycles. The number of hydrogen-bond donors (Lipinski definition) is 2. The first-order valence-electron chi connectivity index (χ1n) is 5.57. The Balaban J connectivity index is 3.10. The van der Waals surface area contributed by atoms with Gasteiger partial charge in [-0.2, -0.15) is 0 Å². The number of hydrogen-bond acceptors (Lipinski definition) is 5. The summed E-state index contributed by atoms with van der Waals surface area (Å²) in [7, 11) is 1.33. The number of nitrogens with zero attached hydrogens (tertiary/aromatic N) is 2. The van der Waals surface area contributed by atoms with Crippen molar-refractivity contribution in [1.82, 2.24) is 0 Å². The maximum Gasteiger partial charge on any atom is 0.337 e. The number of aliphatic imine (C=N–C) groups is 2. The zero-order valence-corrected chi connectivity index (χ0v) is 10.6. The average molecular weight is 260 g/mol. The zero-order valence-electron chi connectivity index (χ0n) is 10.6. The molecule has 0 atom stereocenters. The third kappa shape index (κ3) is 4.36. The third-order valence-electron chi connectivity index (χ3n) is 2.18. The lowest BCUT2D eigenvalue weighted by Crippen LogP contribution is -2.06. The van der Waals surface area contributed by atoms with Crippen LogP contribution in [0.3, 0.4) is 0 Å². The molecule has 0 spiro atoms. The van der Waals surface area contributed by atoms with Crippen molar-refractivity contribution in [2.75, 3.05) is 13.8 Å². The highest BCUT2D eigenvalue weighted by Crippen LogP contribution is 2.08. The first-order valence-corrected chi connectivity index (χ1v) is 5.57. The van der Waals surface area contributed by atoms with Gasteiger partial charge in [0, 0.05) is 11.8 Å². The number of allylic oxidation sites excluding steroid dienone is 1. The van der Waals surface area contributed by atoms with Crippen LogP contribution < -0.4 is 11.5 Å². The van der Waals surface area contributed by atoms with Crippen LogP contribution in [-0.4, -0.2) is 31.8 Å². The molecule has 0 saturated carbocycles. The maximum absolute atomic E-state index is 11.5. The van der Waals surface area contributed by atoms with Gasteiger partial charge in [0.15, 0.2) is 5.84 Å². The Kier molecular flexibility index (Phi) is 5.97. The molecule has 6 nitrogen and oxygen atoms in total. The summed E-state index contributed by atoms with van der Waals surface area (Å²) in [5.74, 6) is 0.00568. The van der Waals surface area contributed by atoms with Gasteiger partial charge < -0.3 is 16.2 Å². The summed E-state index contributed by atoms with van der Waals surface area (Å²) in [6, 6.07) is 6.80. The van der Waals surface area contributed by atoms with Crippen LogP contribution in [0, 0.1) is 0 Å². The van der Waals surface area contributed by atoms with Crippen molar-refractivity contribution in [3.63, 3.8) is 0 Å². The minimum Gasteiger partial charge on any atom is -0.465 e. The Labute approximate surface area is 111 Å². The molecule has 100 valence electrons. The molecule has 0 saturated heterocycles. The van der Waals surface area contributed by atoms with E-state index < -0.39 is 5.97 Å². The van der Waals surface area contributed by atoms with Crippen LogP contribution in [0.25, 0.3) is 0 Å². The fourth-order valence-electron chi connectivity index (χ4n) is 1.36. The standard InChI is InChI=1S/C13H16N4O2/c1-19-13(18)11-5-2-4-10(8-11)12(17-9-15)16-7-3-6-14/h2-8H,9,14-15H2,1H3. The second kappa shape index (κ2) is 7.78. The number of esters is 1. The molecule has 0 bridgehead atoms. The second-order valence-electron chi connectivity index (χ2n) is 3.40. The monoisotopic (exact) mass is 260 g/mol.